The van der Waals surface area contributed by atoms with Gasteiger partial charge in [-0.05, 0) is 78.9 Å². The van der Waals surface area contributed by atoms with Crippen molar-refractivity contribution in [3.8, 4) is 17.1 Å². The molecule has 0 aliphatic heterocycles. The summed E-state index contributed by atoms with van der Waals surface area (Å²) in [4.78, 5) is 12.4. The lowest BCUT2D eigenvalue weighted by molar-refractivity contribution is 0.959. The minimum Gasteiger partial charge on any atom is -0.327 e. The second kappa shape index (κ2) is 9.96. The Bertz CT molecular complexity index is 2520. The highest BCUT2D eigenvalue weighted by molar-refractivity contribution is 5.92. The fraction of sp³-hybridized carbons (Fsp3) is 0.0256. The summed E-state index contributed by atoms with van der Waals surface area (Å²) in [7, 11) is 2.08. The summed E-state index contributed by atoms with van der Waals surface area (Å²) in [6.07, 6.45) is 0. The number of nitrogens with zero attached hydrogens (tertiary/aromatic N) is 6. The van der Waals surface area contributed by atoms with Crippen LogP contribution < -0.4 is 4.90 Å². The van der Waals surface area contributed by atoms with Gasteiger partial charge in [0.25, 0.3) is 0 Å². The monoisotopic (exact) mass is 580 g/mol. The topological polar surface area (TPSA) is 43.3 Å². The molecule has 0 spiro atoms. The number of aromatic nitrogens is 5. The van der Waals surface area contributed by atoms with Gasteiger partial charge in [-0.25, -0.2) is 9.97 Å². The molecule has 0 amide bonds. The molecule has 0 fully saturated rings. The van der Waals surface area contributed by atoms with E-state index in [-0.39, 0.29) is 0 Å². The Morgan fingerprint density at radius 2 is 1.09 bits per heavy atom. The molecule has 0 saturated heterocycles. The van der Waals surface area contributed by atoms with Gasteiger partial charge in [0, 0.05) is 29.7 Å². The number of anilines is 3. The van der Waals surface area contributed by atoms with Crippen molar-refractivity contribution in [2.75, 3.05) is 4.90 Å². The predicted molar refractivity (Wildman–Crippen MR) is 184 cm³/mol. The Morgan fingerprint density at radius 1 is 0.489 bits per heavy atom. The summed E-state index contributed by atoms with van der Waals surface area (Å²) in [6.45, 7) is 0. The molecule has 45 heavy (non-hydrogen) atoms. The SMILES string of the molecule is Cn1c(-c2cccc(N(c3ccccc3)c3cccc(-n4c5ccccc5n5c6ccccc6nc45)c3)c2)nc2ccccc21. The number of hydrogen-bond acceptors (Lipinski definition) is 3. The van der Waals surface area contributed by atoms with Gasteiger partial charge in [0.1, 0.15) is 5.82 Å². The minimum atomic E-state index is 0.893. The maximum absolute atomic E-state index is 5.09. The van der Waals surface area contributed by atoms with Crippen molar-refractivity contribution in [1.29, 1.82) is 0 Å². The number of aryl methyl sites for hydroxylation is 1. The second-order valence-electron chi connectivity index (χ2n) is 11.3. The van der Waals surface area contributed by atoms with E-state index in [1.165, 1.54) is 0 Å². The van der Waals surface area contributed by atoms with Crippen LogP contribution in [0.4, 0.5) is 17.1 Å². The zero-order chi connectivity index (χ0) is 29.9. The van der Waals surface area contributed by atoms with E-state index in [1.807, 2.05) is 12.1 Å². The first kappa shape index (κ1) is 25.4. The highest BCUT2D eigenvalue weighted by Gasteiger charge is 2.19. The summed E-state index contributed by atoms with van der Waals surface area (Å²) in [5.41, 5.74) is 11.7. The van der Waals surface area contributed by atoms with E-state index < -0.39 is 0 Å². The quantitative estimate of drug-likeness (QED) is 0.204. The van der Waals surface area contributed by atoms with Crippen molar-refractivity contribution < 1.29 is 0 Å². The molecule has 0 bridgehead atoms. The fourth-order valence-corrected chi connectivity index (χ4v) is 6.59. The smallest absolute Gasteiger partial charge is 0.220 e. The fourth-order valence-electron chi connectivity index (χ4n) is 6.59. The summed E-state index contributed by atoms with van der Waals surface area (Å²) in [6, 6.07) is 53.0. The van der Waals surface area contributed by atoms with Crippen LogP contribution in [-0.4, -0.2) is 23.5 Å². The molecule has 0 saturated carbocycles. The normalized spacial score (nSPS) is 11.7. The first-order valence-corrected chi connectivity index (χ1v) is 15.1. The average molecular weight is 581 g/mol. The molecule has 0 aliphatic carbocycles. The highest BCUT2D eigenvalue weighted by Crippen LogP contribution is 2.38. The summed E-state index contributed by atoms with van der Waals surface area (Å²) in [5, 5.41) is 0. The zero-order valence-electron chi connectivity index (χ0n) is 24.6. The van der Waals surface area contributed by atoms with Crippen LogP contribution in [0.1, 0.15) is 0 Å². The third kappa shape index (κ3) is 3.96. The Hall–Kier alpha value is -6.14. The number of imidazole rings is 3. The van der Waals surface area contributed by atoms with Crippen LogP contribution >= 0.6 is 0 Å². The van der Waals surface area contributed by atoms with E-state index >= 15 is 0 Å². The number of para-hydroxylation sites is 7. The Kier molecular flexibility index (Phi) is 5.62. The molecule has 9 rings (SSSR count). The largest absolute Gasteiger partial charge is 0.327 e. The second-order valence-corrected chi connectivity index (χ2v) is 11.3. The third-order valence-corrected chi connectivity index (χ3v) is 8.62. The molecule has 9 aromatic rings. The van der Waals surface area contributed by atoms with Crippen molar-refractivity contribution in [3.05, 3.63) is 152 Å². The van der Waals surface area contributed by atoms with Crippen molar-refractivity contribution in [1.82, 2.24) is 23.5 Å². The lowest BCUT2D eigenvalue weighted by Gasteiger charge is -2.26. The van der Waals surface area contributed by atoms with Gasteiger partial charge in [-0.1, -0.05) is 72.8 Å². The lowest BCUT2D eigenvalue weighted by Crippen LogP contribution is -2.10. The van der Waals surface area contributed by atoms with Gasteiger partial charge >= 0.3 is 0 Å². The molecule has 6 nitrogen and oxygen atoms in total. The third-order valence-electron chi connectivity index (χ3n) is 8.62. The van der Waals surface area contributed by atoms with Crippen LogP contribution in [0.2, 0.25) is 0 Å². The van der Waals surface area contributed by atoms with Crippen LogP contribution in [0.5, 0.6) is 0 Å². The maximum Gasteiger partial charge on any atom is 0.220 e. The molecular weight excluding hydrogens is 552 g/mol. The zero-order valence-corrected chi connectivity index (χ0v) is 24.6. The van der Waals surface area contributed by atoms with Crippen molar-refractivity contribution >= 4 is 55.9 Å². The van der Waals surface area contributed by atoms with E-state index in [1.54, 1.807) is 0 Å². The van der Waals surface area contributed by atoms with Gasteiger partial charge in [-0.15, -0.1) is 0 Å². The Labute approximate surface area is 259 Å². The van der Waals surface area contributed by atoms with Gasteiger partial charge < -0.3 is 9.47 Å². The molecule has 6 aromatic carbocycles. The molecule has 3 aromatic heterocycles. The van der Waals surface area contributed by atoms with Gasteiger partial charge in [-0.2, -0.15) is 0 Å². The average Bonchev–Trinajstić information content (AvgIpc) is 3.74. The van der Waals surface area contributed by atoms with Crippen LogP contribution in [0.15, 0.2) is 152 Å². The molecular formula is C39H28N6. The predicted octanol–water partition coefficient (Wildman–Crippen LogP) is 9.45. The standard InChI is InChI=1S/C39H28N6/c1-42-34-21-7-5-19-32(34)40-38(42)27-13-11-16-29(25-27)43(28-14-3-2-4-15-28)30-17-12-18-31(26-30)44-36-23-9-10-24-37(36)45-35-22-8-6-20-33(35)41-39(44)45/h2-26H,1H3. The minimum absolute atomic E-state index is 0.893. The van der Waals surface area contributed by atoms with Gasteiger partial charge in [0.05, 0.1) is 38.8 Å². The van der Waals surface area contributed by atoms with Crippen molar-refractivity contribution in [2.45, 2.75) is 0 Å². The van der Waals surface area contributed by atoms with E-state index in [9.17, 15) is 0 Å². The number of benzene rings is 6. The Morgan fingerprint density at radius 3 is 1.87 bits per heavy atom. The molecule has 6 heteroatoms. The number of fused-ring (bicyclic) bond motifs is 6. The Balaban J connectivity index is 1.24. The summed E-state index contributed by atoms with van der Waals surface area (Å²) >= 11 is 0. The summed E-state index contributed by atoms with van der Waals surface area (Å²) < 4.78 is 6.68. The summed E-state index contributed by atoms with van der Waals surface area (Å²) in [5.74, 6) is 1.83. The van der Waals surface area contributed by atoms with Crippen LogP contribution in [0.3, 0.4) is 0 Å². The molecule has 0 radical (unpaired) electrons. The van der Waals surface area contributed by atoms with E-state index in [4.69, 9.17) is 9.97 Å². The lowest BCUT2D eigenvalue weighted by atomic mass is 10.1. The first-order valence-electron chi connectivity index (χ1n) is 15.1. The van der Waals surface area contributed by atoms with Gasteiger partial charge in [0.2, 0.25) is 5.78 Å². The van der Waals surface area contributed by atoms with Crippen molar-refractivity contribution in [2.24, 2.45) is 7.05 Å². The molecule has 214 valence electrons. The molecule has 0 N–H and O–H groups in total. The molecule has 0 atom stereocenters. The molecule has 0 aliphatic rings. The maximum atomic E-state index is 5.09. The van der Waals surface area contributed by atoms with E-state index in [0.29, 0.717) is 0 Å². The number of rotatable bonds is 5. The molecule has 0 unspecified atom stereocenters. The van der Waals surface area contributed by atoms with Gasteiger partial charge in [0.15, 0.2) is 0 Å². The highest BCUT2D eigenvalue weighted by atomic mass is 15.2. The molecule has 3 heterocycles. The number of hydrogen-bond donors (Lipinski definition) is 0. The van der Waals surface area contributed by atoms with E-state index in [2.05, 4.69) is 165 Å². The van der Waals surface area contributed by atoms with Crippen LogP contribution in [-0.2, 0) is 7.05 Å². The van der Waals surface area contributed by atoms with Gasteiger partial charge in [-0.3, -0.25) is 8.97 Å². The van der Waals surface area contributed by atoms with Crippen LogP contribution in [0, 0.1) is 0 Å². The van der Waals surface area contributed by atoms with Crippen LogP contribution in [0.25, 0.3) is 56.0 Å². The van der Waals surface area contributed by atoms with Crippen molar-refractivity contribution in [3.63, 3.8) is 0 Å². The van der Waals surface area contributed by atoms with E-state index in [0.717, 1.165) is 73.0 Å². The first-order chi connectivity index (χ1) is 22.2.